The maximum Gasteiger partial charge on any atom is 0.250 e. The first-order valence-corrected chi connectivity index (χ1v) is 9.36. The monoisotopic (exact) mass is 350 g/mol. The molecule has 3 nitrogen and oxygen atoms in total. The summed E-state index contributed by atoms with van der Waals surface area (Å²) in [7, 11) is 0. The highest BCUT2D eigenvalue weighted by molar-refractivity contribution is 7.98. The van der Waals surface area contributed by atoms with E-state index in [1.165, 1.54) is 9.77 Å². The predicted molar refractivity (Wildman–Crippen MR) is 101 cm³/mol. The van der Waals surface area contributed by atoms with E-state index in [-0.39, 0.29) is 5.91 Å². The van der Waals surface area contributed by atoms with Crippen LogP contribution in [0.3, 0.4) is 0 Å². The Morgan fingerprint density at radius 1 is 1.08 bits per heavy atom. The van der Waals surface area contributed by atoms with Gasteiger partial charge in [0, 0.05) is 27.2 Å². The van der Waals surface area contributed by atoms with Crippen LogP contribution in [0.2, 0.25) is 0 Å². The fourth-order valence-corrected chi connectivity index (χ4v) is 4.63. The third-order valence-corrected chi connectivity index (χ3v) is 5.91. The largest absolute Gasteiger partial charge is 0.298 e. The number of hydrogen-bond donors (Lipinski definition) is 1. The normalized spacial score (nSPS) is 12.7. The van der Waals surface area contributed by atoms with E-state index in [0.29, 0.717) is 5.13 Å². The Labute approximate surface area is 148 Å². The molecule has 2 aromatic carbocycles. The van der Waals surface area contributed by atoms with Crippen molar-refractivity contribution in [3.8, 4) is 11.3 Å². The minimum absolute atomic E-state index is 0.161. The van der Waals surface area contributed by atoms with Crippen LogP contribution in [0.25, 0.3) is 17.3 Å². The lowest BCUT2D eigenvalue weighted by Gasteiger charge is -2.13. The van der Waals surface area contributed by atoms with Gasteiger partial charge in [-0.15, -0.1) is 23.1 Å². The zero-order chi connectivity index (χ0) is 16.4. The van der Waals surface area contributed by atoms with Gasteiger partial charge in [0.05, 0.1) is 5.69 Å². The third kappa shape index (κ3) is 3.13. The number of carbonyl (C=O) groups excluding carboxylic acids is 1. The van der Waals surface area contributed by atoms with E-state index in [4.69, 9.17) is 0 Å². The van der Waals surface area contributed by atoms with E-state index in [2.05, 4.69) is 22.4 Å². The van der Waals surface area contributed by atoms with Crippen LogP contribution in [-0.2, 0) is 10.5 Å². The molecule has 118 valence electrons. The van der Waals surface area contributed by atoms with Gasteiger partial charge in [-0.3, -0.25) is 10.1 Å². The van der Waals surface area contributed by atoms with E-state index < -0.39 is 0 Å². The number of fused-ring (bicyclic) bond motifs is 3. The lowest BCUT2D eigenvalue weighted by atomic mass is 10.1. The molecule has 0 saturated heterocycles. The van der Waals surface area contributed by atoms with E-state index in [9.17, 15) is 4.79 Å². The SMILES string of the molecule is O=C(C=Cc1ccccc1)Nc1nc2c(s1)CSc1ccccc1-2. The number of thioether (sulfide) groups is 1. The summed E-state index contributed by atoms with van der Waals surface area (Å²) in [5.41, 5.74) is 3.15. The Morgan fingerprint density at radius 3 is 2.75 bits per heavy atom. The van der Waals surface area contributed by atoms with E-state index in [0.717, 1.165) is 22.6 Å². The van der Waals surface area contributed by atoms with Gasteiger partial charge in [0.1, 0.15) is 0 Å². The second-order valence-electron chi connectivity index (χ2n) is 5.31. The molecule has 1 aliphatic rings. The second-order valence-corrected chi connectivity index (χ2v) is 7.41. The van der Waals surface area contributed by atoms with Crippen LogP contribution in [0.5, 0.6) is 0 Å². The van der Waals surface area contributed by atoms with Crippen LogP contribution in [-0.4, -0.2) is 10.9 Å². The number of nitrogens with one attached hydrogen (secondary N) is 1. The molecule has 0 saturated carbocycles. The fourth-order valence-electron chi connectivity index (χ4n) is 2.53. The van der Waals surface area contributed by atoms with E-state index in [1.807, 2.05) is 54.2 Å². The number of rotatable bonds is 3. The number of nitrogens with zero attached hydrogens (tertiary/aromatic N) is 1. The molecule has 24 heavy (non-hydrogen) atoms. The van der Waals surface area contributed by atoms with Gasteiger partial charge >= 0.3 is 0 Å². The van der Waals surface area contributed by atoms with Gasteiger partial charge in [0.2, 0.25) is 5.91 Å². The molecule has 0 unspecified atom stereocenters. The van der Waals surface area contributed by atoms with Crippen LogP contribution >= 0.6 is 23.1 Å². The van der Waals surface area contributed by atoms with Crippen LogP contribution in [0.1, 0.15) is 10.4 Å². The zero-order valence-electron chi connectivity index (χ0n) is 12.7. The van der Waals surface area contributed by atoms with Crippen molar-refractivity contribution in [3.63, 3.8) is 0 Å². The summed E-state index contributed by atoms with van der Waals surface area (Å²) in [5.74, 6) is 0.741. The first kappa shape index (κ1) is 15.2. The van der Waals surface area contributed by atoms with Gasteiger partial charge in [-0.05, 0) is 17.7 Å². The lowest BCUT2D eigenvalue weighted by Crippen LogP contribution is -2.07. The average Bonchev–Trinajstić information content (AvgIpc) is 3.04. The molecule has 1 aliphatic heterocycles. The van der Waals surface area contributed by atoms with Crippen molar-refractivity contribution in [2.75, 3.05) is 5.32 Å². The first-order chi connectivity index (χ1) is 11.8. The van der Waals surface area contributed by atoms with Crippen molar-refractivity contribution >= 4 is 40.2 Å². The summed E-state index contributed by atoms with van der Waals surface area (Å²) in [6.45, 7) is 0. The molecule has 3 aromatic rings. The number of benzene rings is 2. The minimum Gasteiger partial charge on any atom is -0.298 e. The minimum atomic E-state index is -0.161. The topological polar surface area (TPSA) is 42.0 Å². The molecule has 0 atom stereocenters. The number of carbonyl (C=O) groups is 1. The highest BCUT2D eigenvalue weighted by Gasteiger charge is 2.21. The maximum absolute atomic E-state index is 12.1. The summed E-state index contributed by atoms with van der Waals surface area (Å²) in [5, 5.41) is 3.53. The van der Waals surface area contributed by atoms with Crippen LogP contribution < -0.4 is 5.32 Å². The molecular weight excluding hydrogens is 336 g/mol. The van der Waals surface area contributed by atoms with Crippen molar-refractivity contribution in [2.24, 2.45) is 0 Å². The Bertz CT molecular complexity index is 916. The molecule has 2 heterocycles. The number of amides is 1. The number of hydrogen-bond acceptors (Lipinski definition) is 4. The average molecular weight is 350 g/mol. The van der Waals surface area contributed by atoms with E-state index >= 15 is 0 Å². The van der Waals surface area contributed by atoms with Crippen molar-refractivity contribution < 1.29 is 4.79 Å². The van der Waals surface area contributed by atoms with Gasteiger partial charge in [-0.25, -0.2) is 4.98 Å². The number of thiazole rings is 1. The quantitative estimate of drug-likeness (QED) is 0.671. The van der Waals surface area contributed by atoms with Crippen molar-refractivity contribution in [2.45, 2.75) is 10.6 Å². The molecule has 1 aromatic heterocycles. The number of aromatic nitrogens is 1. The summed E-state index contributed by atoms with van der Waals surface area (Å²) in [6.07, 6.45) is 3.34. The van der Waals surface area contributed by atoms with Gasteiger partial charge in [-0.1, -0.05) is 48.5 Å². The Kier molecular flexibility index (Phi) is 4.19. The smallest absolute Gasteiger partial charge is 0.250 e. The predicted octanol–water partition coefficient (Wildman–Crippen LogP) is 5.07. The van der Waals surface area contributed by atoms with Gasteiger partial charge in [0.25, 0.3) is 0 Å². The van der Waals surface area contributed by atoms with Gasteiger partial charge < -0.3 is 0 Å². The molecule has 0 spiro atoms. The third-order valence-electron chi connectivity index (χ3n) is 3.66. The zero-order valence-corrected chi connectivity index (χ0v) is 14.4. The summed E-state index contributed by atoms with van der Waals surface area (Å²) < 4.78 is 0. The molecule has 0 bridgehead atoms. The highest BCUT2D eigenvalue weighted by Crippen LogP contribution is 2.44. The summed E-state index contributed by atoms with van der Waals surface area (Å²) >= 11 is 3.37. The highest BCUT2D eigenvalue weighted by atomic mass is 32.2. The summed E-state index contributed by atoms with van der Waals surface area (Å²) in [4.78, 5) is 19.2. The first-order valence-electron chi connectivity index (χ1n) is 7.55. The van der Waals surface area contributed by atoms with Crippen LogP contribution in [0.15, 0.2) is 65.6 Å². The van der Waals surface area contributed by atoms with Crippen molar-refractivity contribution in [3.05, 3.63) is 71.1 Å². The Morgan fingerprint density at radius 2 is 1.88 bits per heavy atom. The van der Waals surface area contributed by atoms with Crippen LogP contribution in [0.4, 0.5) is 5.13 Å². The molecular formula is C19H14N2OS2. The second kappa shape index (κ2) is 6.63. The van der Waals surface area contributed by atoms with Crippen LogP contribution in [0, 0.1) is 0 Å². The summed E-state index contributed by atoms with van der Waals surface area (Å²) in [6, 6.07) is 18.0. The molecule has 0 aliphatic carbocycles. The van der Waals surface area contributed by atoms with Crippen molar-refractivity contribution in [1.82, 2.24) is 4.98 Å². The molecule has 0 radical (unpaired) electrons. The Hall–Kier alpha value is -2.37. The molecule has 1 amide bonds. The standard InChI is InChI=1S/C19H14N2OS2/c22-17(11-10-13-6-2-1-3-7-13)20-19-21-18-14-8-4-5-9-15(14)23-12-16(18)24-19/h1-11H,12H2,(H,20,21,22). The molecule has 5 heteroatoms. The van der Waals surface area contributed by atoms with E-state index in [1.54, 1.807) is 23.5 Å². The molecule has 0 fully saturated rings. The Balaban J connectivity index is 1.52. The lowest BCUT2D eigenvalue weighted by molar-refractivity contribution is -0.111. The van der Waals surface area contributed by atoms with Crippen molar-refractivity contribution in [1.29, 1.82) is 0 Å². The fraction of sp³-hybridized carbons (Fsp3) is 0.0526. The number of anilines is 1. The molecule has 4 rings (SSSR count). The van der Waals surface area contributed by atoms with Gasteiger partial charge in [0.15, 0.2) is 5.13 Å². The van der Waals surface area contributed by atoms with Gasteiger partial charge in [-0.2, -0.15) is 0 Å². The molecule has 1 N–H and O–H groups in total. The maximum atomic E-state index is 12.1.